The lowest BCUT2D eigenvalue weighted by molar-refractivity contribution is -0.194. The number of carbonyl (C=O) groups excluding carboxylic acids is 1. The number of aliphatic hydroxyl groups excluding tert-OH is 2. The predicted molar refractivity (Wildman–Crippen MR) is 72.7 cm³/mol. The summed E-state index contributed by atoms with van der Waals surface area (Å²) in [5.74, 6) is 0.773. The van der Waals surface area contributed by atoms with Gasteiger partial charge in [-0.25, -0.2) is 0 Å². The van der Waals surface area contributed by atoms with Crippen LogP contribution in [0.4, 0.5) is 0 Å². The number of piperidine rings is 4. The molecule has 0 unspecified atom stereocenters. The number of rotatable bonds is 0. The van der Waals surface area contributed by atoms with Gasteiger partial charge in [0.25, 0.3) is 0 Å². The third kappa shape index (κ3) is 1.83. The first-order valence-electron chi connectivity index (χ1n) is 8.06. The van der Waals surface area contributed by atoms with Crippen molar-refractivity contribution < 1.29 is 15.0 Å². The molecule has 0 spiro atoms. The van der Waals surface area contributed by atoms with Crippen LogP contribution >= 0.6 is 0 Å². The standard InChI is InChI=1S/C15H24N2O3/c18-10-4-5-16-8-9-6-11(13(16)7-10)15(20)17-12(9)2-1-3-14(17)19/h9-13,15,18,20H,1-8H2/t9-,10-,11+,12+,13-,15+/m1/s1. The van der Waals surface area contributed by atoms with E-state index in [4.69, 9.17) is 0 Å². The lowest BCUT2D eigenvalue weighted by Gasteiger charge is -2.59. The zero-order valence-electron chi connectivity index (χ0n) is 11.8. The highest BCUT2D eigenvalue weighted by molar-refractivity contribution is 5.77. The van der Waals surface area contributed by atoms with Crippen molar-refractivity contribution in [3.05, 3.63) is 0 Å². The number of hydrogen-bond donors (Lipinski definition) is 2. The maximum absolute atomic E-state index is 12.2. The van der Waals surface area contributed by atoms with Crippen molar-refractivity contribution in [2.75, 3.05) is 13.1 Å². The van der Waals surface area contributed by atoms with Gasteiger partial charge in [-0.1, -0.05) is 0 Å². The lowest BCUT2D eigenvalue weighted by Crippen LogP contribution is -2.69. The highest BCUT2D eigenvalue weighted by atomic mass is 16.3. The molecule has 6 atom stereocenters. The Hall–Kier alpha value is -0.650. The highest BCUT2D eigenvalue weighted by Gasteiger charge is 2.53. The molecule has 0 saturated carbocycles. The maximum Gasteiger partial charge on any atom is 0.224 e. The molecule has 0 radical (unpaired) electrons. The fourth-order valence-corrected chi connectivity index (χ4v) is 5.11. The van der Waals surface area contributed by atoms with E-state index in [-0.39, 0.29) is 30.0 Å². The molecular weight excluding hydrogens is 256 g/mol. The molecule has 4 rings (SSSR count). The second-order valence-electron chi connectivity index (χ2n) is 7.07. The molecule has 0 aliphatic carbocycles. The van der Waals surface area contributed by atoms with Crippen LogP contribution in [0.5, 0.6) is 0 Å². The van der Waals surface area contributed by atoms with Gasteiger partial charge in [-0.2, -0.15) is 0 Å². The number of nitrogens with zero attached hydrogens (tertiary/aromatic N) is 2. The Labute approximate surface area is 119 Å². The summed E-state index contributed by atoms with van der Waals surface area (Å²) < 4.78 is 0. The van der Waals surface area contributed by atoms with E-state index in [9.17, 15) is 15.0 Å². The summed E-state index contributed by atoms with van der Waals surface area (Å²) in [5, 5.41) is 20.6. The van der Waals surface area contributed by atoms with Crippen molar-refractivity contribution in [1.82, 2.24) is 9.80 Å². The van der Waals surface area contributed by atoms with Gasteiger partial charge in [0.15, 0.2) is 0 Å². The number of amides is 1. The molecule has 5 nitrogen and oxygen atoms in total. The van der Waals surface area contributed by atoms with Gasteiger partial charge in [0, 0.05) is 37.5 Å². The molecule has 2 N–H and O–H groups in total. The van der Waals surface area contributed by atoms with Crippen molar-refractivity contribution in [3.8, 4) is 0 Å². The average molecular weight is 280 g/mol. The molecule has 4 aliphatic heterocycles. The Kier molecular flexibility index (Phi) is 3.05. The summed E-state index contributed by atoms with van der Waals surface area (Å²) in [6.07, 6.45) is 4.34. The van der Waals surface area contributed by atoms with Gasteiger partial charge in [-0.05, 0) is 38.0 Å². The minimum absolute atomic E-state index is 0.127. The summed E-state index contributed by atoms with van der Waals surface area (Å²) in [7, 11) is 0. The minimum Gasteiger partial charge on any atom is -0.393 e. The monoisotopic (exact) mass is 280 g/mol. The molecule has 5 heteroatoms. The molecule has 4 fully saturated rings. The second-order valence-corrected chi connectivity index (χ2v) is 7.07. The smallest absolute Gasteiger partial charge is 0.224 e. The Bertz CT molecular complexity index is 414. The van der Waals surface area contributed by atoms with Crippen LogP contribution in [0.1, 0.15) is 38.5 Å². The topological polar surface area (TPSA) is 64.0 Å². The van der Waals surface area contributed by atoms with Gasteiger partial charge in [-0.3, -0.25) is 9.69 Å². The second kappa shape index (κ2) is 4.68. The van der Waals surface area contributed by atoms with Gasteiger partial charge >= 0.3 is 0 Å². The first-order valence-corrected chi connectivity index (χ1v) is 8.06. The van der Waals surface area contributed by atoms with E-state index < -0.39 is 6.23 Å². The van der Waals surface area contributed by atoms with Crippen LogP contribution in [-0.2, 0) is 4.79 Å². The van der Waals surface area contributed by atoms with Gasteiger partial charge in [0.05, 0.1) is 6.10 Å². The molecule has 0 aromatic carbocycles. The van der Waals surface area contributed by atoms with Crippen molar-refractivity contribution in [3.63, 3.8) is 0 Å². The van der Waals surface area contributed by atoms with Gasteiger partial charge < -0.3 is 15.1 Å². The van der Waals surface area contributed by atoms with Crippen LogP contribution in [0.3, 0.4) is 0 Å². The largest absolute Gasteiger partial charge is 0.393 e. The van der Waals surface area contributed by atoms with E-state index in [0.717, 1.165) is 45.2 Å². The van der Waals surface area contributed by atoms with Crippen LogP contribution < -0.4 is 0 Å². The van der Waals surface area contributed by atoms with E-state index in [1.165, 1.54) is 0 Å². The first-order chi connectivity index (χ1) is 9.65. The summed E-state index contributed by atoms with van der Waals surface area (Å²) in [6, 6.07) is 0.496. The Morgan fingerprint density at radius 1 is 1.10 bits per heavy atom. The zero-order valence-corrected chi connectivity index (χ0v) is 11.8. The summed E-state index contributed by atoms with van der Waals surface area (Å²) in [6.45, 7) is 1.97. The third-order valence-electron chi connectivity index (χ3n) is 6.02. The highest BCUT2D eigenvalue weighted by Crippen LogP contribution is 2.45. The molecule has 4 saturated heterocycles. The first kappa shape index (κ1) is 13.0. The van der Waals surface area contributed by atoms with Gasteiger partial charge in [0.1, 0.15) is 6.23 Å². The third-order valence-corrected chi connectivity index (χ3v) is 6.02. The van der Waals surface area contributed by atoms with Gasteiger partial charge in [-0.15, -0.1) is 0 Å². The van der Waals surface area contributed by atoms with Crippen LogP contribution in [0, 0.1) is 11.8 Å². The van der Waals surface area contributed by atoms with E-state index in [2.05, 4.69) is 4.90 Å². The van der Waals surface area contributed by atoms with E-state index >= 15 is 0 Å². The molecule has 20 heavy (non-hydrogen) atoms. The molecule has 112 valence electrons. The molecule has 2 bridgehead atoms. The fraction of sp³-hybridized carbons (Fsp3) is 0.933. The van der Waals surface area contributed by atoms with E-state index in [1.807, 2.05) is 0 Å². The van der Waals surface area contributed by atoms with Crippen LogP contribution in [0.25, 0.3) is 0 Å². The maximum atomic E-state index is 12.2. The van der Waals surface area contributed by atoms with Crippen molar-refractivity contribution in [2.45, 2.75) is 62.9 Å². The number of fused-ring (bicyclic) bond motifs is 6. The minimum atomic E-state index is -0.637. The molecule has 0 aromatic heterocycles. The number of hydrogen-bond acceptors (Lipinski definition) is 4. The molecule has 4 heterocycles. The Morgan fingerprint density at radius 3 is 2.80 bits per heavy atom. The molecule has 1 amide bonds. The Morgan fingerprint density at radius 2 is 1.95 bits per heavy atom. The fourth-order valence-electron chi connectivity index (χ4n) is 5.11. The van der Waals surface area contributed by atoms with Crippen LogP contribution in [0.15, 0.2) is 0 Å². The number of aliphatic hydroxyl groups is 2. The Balaban J connectivity index is 1.63. The van der Waals surface area contributed by atoms with Gasteiger partial charge in [0.2, 0.25) is 5.91 Å². The normalized spacial score (nSPS) is 48.7. The van der Waals surface area contributed by atoms with Crippen LogP contribution in [0.2, 0.25) is 0 Å². The van der Waals surface area contributed by atoms with Crippen molar-refractivity contribution in [1.29, 1.82) is 0 Å². The van der Waals surface area contributed by atoms with E-state index in [1.54, 1.807) is 4.90 Å². The summed E-state index contributed by atoms with van der Waals surface area (Å²) >= 11 is 0. The van der Waals surface area contributed by atoms with E-state index in [0.29, 0.717) is 12.3 Å². The summed E-state index contributed by atoms with van der Waals surface area (Å²) in [4.78, 5) is 16.5. The zero-order chi connectivity index (χ0) is 13.9. The lowest BCUT2D eigenvalue weighted by atomic mass is 9.69. The van der Waals surface area contributed by atoms with Crippen molar-refractivity contribution in [2.24, 2.45) is 11.8 Å². The van der Waals surface area contributed by atoms with Crippen molar-refractivity contribution >= 4 is 5.91 Å². The average Bonchev–Trinajstić information content (AvgIpc) is 2.44. The van der Waals surface area contributed by atoms with Crippen LogP contribution in [-0.4, -0.2) is 63.4 Å². The predicted octanol–water partition coefficient (Wildman–Crippen LogP) is 0.161. The quantitative estimate of drug-likeness (QED) is 0.663. The SMILES string of the molecule is O=C1CCC[C@H]2[C@@H]3C[C@@H]([C@H]4C[C@H](O)CCN4C3)[C@H](O)N12. The molecular formula is C15H24N2O3. The molecule has 0 aromatic rings. The summed E-state index contributed by atoms with van der Waals surface area (Å²) in [5.41, 5.74) is 0. The number of carbonyl (C=O) groups is 1. The molecule has 4 aliphatic rings.